The first-order valence-corrected chi connectivity index (χ1v) is 10.5. The van der Waals surface area contributed by atoms with Crippen molar-refractivity contribution in [3.8, 4) is 28.5 Å². The molecule has 1 atom stereocenters. The summed E-state index contributed by atoms with van der Waals surface area (Å²) in [6.45, 7) is 2.05. The normalized spacial score (nSPS) is 13.0. The molecule has 0 fully saturated rings. The Hall–Kier alpha value is -3.10. The highest BCUT2D eigenvalue weighted by atomic mass is 79.9. The number of nitrogens with one attached hydrogen (secondary N) is 1. The van der Waals surface area contributed by atoms with Crippen LogP contribution in [0.1, 0.15) is 16.1 Å². The summed E-state index contributed by atoms with van der Waals surface area (Å²) in [5.74, 6) is 1.52. The quantitative estimate of drug-likeness (QED) is 0.531. The van der Waals surface area contributed by atoms with Crippen molar-refractivity contribution in [3.63, 3.8) is 0 Å². The van der Waals surface area contributed by atoms with Crippen LogP contribution in [0.25, 0.3) is 11.3 Å². The number of hydrogen-bond donors (Lipinski definition) is 2. The zero-order chi connectivity index (χ0) is 21.8. The second-order valence-corrected chi connectivity index (χ2v) is 7.95. The number of carbonyl (C=O) groups excluding carboxylic acids is 1. The van der Waals surface area contributed by atoms with Crippen molar-refractivity contribution in [3.05, 3.63) is 70.3 Å². The Morgan fingerprint density at radius 2 is 2.03 bits per heavy atom. The van der Waals surface area contributed by atoms with Gasteiger partial charge < -0.3 is 24.6 Å². The molecule has 1 aliphatic heterocycles. The Bertz CT molecular complexity index is 1110. The number of ether oxygens (including phenoxy) is 3. The minimum absolute atomic E-state index is 0.0268. The molecule has 3 aromatic rings. The lowest BCUT2D eigenvalue weighted by Gasteiger charge is -2.14. The fraction of sp³-hybridized carbons (Fsp3) is 0.217. The number of rotatable bonds is 7. The number of hydrogen-bond acceptors (Lipinski definition) is 6. The summed E-state index contributed by atoms with van der Waals surface area (Å²) in [4.78, 5) is 17.1. The van der Waals surface area contributed by atoms with Crippen LogP contribution in [0.5, 0.6) is 17.2 Å². The molecule has 1 aliphatic rings. The summed E-state index contributed by atoms with van der Waals surface area (Å²) in [5.41, 5.74) is 2.82. The van der Waals surface area contributed by atoms with E-state index in [0.717, 1.165) is 15.7 Å². The molecule has 8 heteroatoms. The Balaban J connectivity index is 1.31. The smallest absolute Gasteiger partial charge is 0.253 e. The molecule has 0 radical (unpaired) electrons. The van der Waals surface area contributed by atoms with E-state index in [1.807, 2.05) is 30.3 Å². The molecule has 1 amide bonds. The number of aliphatic hydroxyl groups excluding tert-OH is 1. The van der Waals surface area contributed by atoms with Crippen molar-refractivity contribution in [2.24, 2.45) is 0 Å². The lowest BCUT2D eigenvalue weighted by molar-refractivity contribution is 0.0842. The maximum atomic E-state index is 12.5. The molecule has 2 N–H and O–H groups in total. The van der Waals surface area contributed by atoms with Gasteiger partial charge in [0.1, 0.15) is 18.5 Å². The SMILES string of the molecule is Cc1nc(-c2cccc(Br)c2)ccc1C(=O)NCC(O)COc1ccc2c(c1)OCO2. The van der Waals surface area contributed by atoms with Gasteiger partial charge in [-0.1, -0.05) is 28.1 Å². The average Bonchev–Trinajstić information content (AvgIpc) is 3.24. The van der Waals surface area contributed by atoms with Crippen LogP contribution in [0.3, 0.4) is 0 Å². The summed E-state index contributed by atoms with van der Waals surface area (Å²) >= 11 is 3.45. The van der Waals surface area contributed by atoms with E-state index < -0.39 is 6.10 Å². The molecular weight excluding hydrogens is 464 g/mol. The number of halogens is 1. The topological polar surface area (TPSA) is 89.9 Å². The minimum Gasteiger partial charge on any atom is -0.491 e. The highest BCUT2D eigenvalue weighted by molar-refractivity contribution is 9.10. The maximum Gasteiger partial charge on any atom is 0.253 e. The summed E-state index contributed by atoms with van der Waals surface area (Å²) in [6, 6.07) is 16.5. The molecule has 1 unspecified atom stereocenters. The van der Waals surface area contributed by atoms with Gasteiger partial charge in [0.05, 0.1) is 17.0 Å². The lowest BCUT2D eigenvalue weighted by atomic mass is 10.1. The molecule has 0 saturated heterocycles. The lowest BCUT2D eigenvalue weighted by Crippen LogP contribution is -2.35. The monoisotopic (exact) mass is 484 g/mol. The van der Waals surface area contributed by atoms with E-state index in [4.69, 9.17) is 14.2 Å². The van der Waals surface area contributed by atoms with E-state index in [9.17, 15) is 9.90 Å². The predicted molar refractivity (Wildman–Crippen MR) is 119 cm³/mol. The van der Waals surface area contributed by atoms with Gasteiger partial charge in [0, 0.05) is 22.6 Å². The minimum atomic E-state index is -0.872. The van der Waals surface area contributed by atoms with E-state index in [0.29, 0.717) is 28.5 Å². The second kappa shape index (κ2) is 9.36. The molecule has 0 spiro atoms. The zero-order valence-corrected chi connectivity index (χ0v) is 18.4. The van der Waals surface area contributed by atoms with Gasteiger partial charge >= 0.3 is 0 Å². The van der Waals surface area contributed by atoms with Gasteiger partial charge in [-0.05, 0) is 43.3 Å². The Morgan fingerprint density at radius 1 is 1.19 bits per heavy atom. The van der Waals surface area contributed by atoms with Gasteiger partial charge in [-0.25, -0.2) is 0 Å². The number of nitrogens with zero attached hydrogens (tertiary/aromatic N) is 1. The number of aliphatic hydroxyl groups is 1. The van der Waals surface area contributed by atoms with Gasteiger partial charge in [0.2, 0.25) is 6.79 Å². The molecule has 7 nitrogen and oxygen atoms in total. The van der Waals surface area contributed by atoms with Crippen molar-refractivity contribution in [2.75, 3.05) is 19.9 Å². The molecule has 4 rings (SSSR count). The number of aryl methyl sites for hydroxylation is 1. The summed E-state index contributed by atoms with van der Waals surface area (Å²) in [6.07, 6.45) is -0.872. The van der Waals surface area contributed by atoms with Gasteiger partial charge in [-0.2, -0.15) is 0 Å². The van der Waals surface area contributed by atoms with Crippen LogP contribution >= 0.6 is 15.9 Å². The van der Waals surface area contributed by atoms with Crippen molar-refractivity contribution < 1.29 is 24.1 Å². The third kappa shape index (κ3) is 5.15. The van der Waals surface area contributed by atoms with E-state index in [2.05, 4.69) is 26.2 Å². The van der Waals surface area contributed by atoms with Crippen LogP contribution in [-0.4, -0.2) is 42.0 Å². The van der Waals surface area contributed by atoms with Crippen LogP contribution < -0.4 is 19.5 Å². The summed E-state index contributed by atoms with van der Waals surface area (Å²) < 4.78 is 17.1. The fourth-order valence-corrected chi connectivity index (χ4v) is 3.53. The summed E-state index contributed by atoms with van der Waals surface area (Å²) in [5, 5.41) is 12.9. The van der Waals surface area contributed by atoms with Crippen molar-refractivity contribution >= 4 is 21.8 Å². The molecule has 0 bridgehead atoms. The van der Waals surface area contributed by atoms with Gasteiger partial charge in [-0.15, -0.1) is 0 Å². The highest BCUT2D eigenvalue weighted by Gasteiger charge is 2.16. The zero-order valence-electron chi connectivity index (χ0n) is 16.8. The van der Waals surface area contributed by atoms with E-state index >= 15 is 0 Å². The van der Waals surface area contributed by atoms with E-state index in [1.54, 1.807) is 31.2 Å². The molecule has 160 valence electrons. The van der Waals surface area contributed by atoms with E-state index in [-0.39, 0.29) is 25.9 Å². The van der Waals surface area contributed by atoms with Crippen molar-refractivity contribution in [2.45, 2.75) is 13.0 Å². The van der Waals surface area contributed by atoms with Gasteiger partial charge in [0.15, 0.2) is 11.5 Å². The number of carbonyl (C=O) groups is 1. The number of amides is 1. The second-order valence-electron chi connectivity index (χ2n) is 7.03. The fourth-order valence-electron chi connectivity index (χ4n) is 3.13. The van der Waals surface area contributed by atoms with Crippen LogP contribution in [0, 0.1) is 6.92 Å². The van der Waals surface area contributed by atoms with Crippen LogP contribution in [-0.2, 0) is 0 Å². The molecule has 31 heavy (non-hydrogen) atoms. The Labute approximate surface area is 188 Å². The molecule has 0 aliphatic carbocycles. The highest BCUT2D eigenvalue weighted by Crippen LogP contribution is 2.35. The maximum absolute atomic E-state index is 12.5. The molecule has 1 aromatic heterocycles. The third-order valence-corrected chi connectivity index (χ3v) is 5.23. The largest absolute Gasteiger partial charge is 0.491 e. The first kappa shape index (κ1) is 21.1. The molecule has 0 saturated carbocycles. The number of pyridine rings is 1. The average molecular weight is 485 g/mol. The van der Waals surface area contributed by atoms with Crippen LogP contribution in [0.2, 0.25) is 0 Å². The Kier molecular flexibility index (Phi) is 6.39. The third-order valence-electron chi connectivity index (χ3n) is 4.74. The predicted octanol–water partition coefficient (Wildman–Crippen LogP) is 3.72. The van der Waals surface area contributed by atoms with Crippen LogP contribution in [0.15, 0.2) is 59.1 Å². The van der Waals surface area contributed by atoms with Gasteiger partial charge in [-0.3, -0.25) is 9.78 Å². The van der Waals surface area contributed by atoms with Crippen LogP contribution in [0.4, 0.5) is 0 Å². The molecule has 2 aromatic carbocycles. The Morgan fingerprint density at radius 3 is 2.84 bits per heavy atom. The van der Waals surface area contributed by atoms with E-state index in [1.165, 1.54) is 0 Å². The number of aromatic nitrogens is 1. The first-order chi connectivity index (χ1) is 15.0. The van der Waals surface area contributed by atoms with Crippen molar-refractivity contribution in [1.82, 2.24) is 10.3 Å². The van der Waals surface area contributed by atoms with Crippen molar-refractivity contribution in [1.29, 1.82) is 0 Å². The summed E-state index contributed by atoms with van der Waals surface area (Å²) in [7, 11) is 0. The van der Waals surface area contributed by atoms with Gasteiger partial charge in [0.25, 0.3) is 5.91 Å². The number of benzene rings is 2. The molecule has 2 heterocycles. The molecular formula is C23H21BrN2O5. The standard InChI is InChI=1S/C23H21BrN2O5/c1-14-19(6-7-20(26-14)15-3-2-4-16(24)9-15)23(28)25-11-17(27)12-29-18-5-8-21-22(10-18)31-13-30-21/h2-10,17,27H,11-13H2,1H3,(H,25,28). The number of fused-ring (bicyclic) bond motifs is 1. The first-order valence-electron chi connectivity index (χ1n) is 9.72.